The minimum Gasteiger partial charge on any atom is -0.134 e. The van der Waals surface area contributed by atoms with Gasteiger partial charge in [-0.2, -0.15) is 0 Å². The number of thiophene rings is 1. The highest BCUT2D eigenvalue weighted by Gasteiger charge is 2.18. The molecule has 0 aliphatic heterocycles. The van der Waals surface area contributed by atoms with Crippen LogP contribution in [0.15, 0.2) is 182 Å². The van der Waals surface area contributed by atoms with Gasteiger partial charge in [-0.1, -0.05) is 176 Å². The summed E-state index contributed by atoms with van der Waals surface area (Å²) in [4.78, 5) is 0. The summed E-state index contributed by atoms with van der Waals surface area (Å²) < 4.78 is 2.74. The summed E-state index contributed by atoms with van der Waals surface area (Å²) in [6.45, 7) is 0. The minimum absolute atomic E-state index is 1.23. The fourth-order valence-electron chi connectivity index (χ4n) is 8.56. The van der Waals surface area contributed by atoms with Gasteiger partial charge >= 0.3 is 0 Å². The van der Waals surface area contributed by atoms with Crippen molar-refractivity contribution >= 4 is 85.4 Å². The van der Waals surface area contributed by atoms with Gasteiger partial charge in [0.2, 0.25) is 0 Å². The van der Waals surface area contributed by atoms with E-state index in [2.05, 4.69) is 182 Å². The van der Waals surface area contributed by atoms with Crippen molar-refractivity contribution in [3.63, 3.8) is 0 Å². The van der Waals surface area contributed by atoms with Crippen LogP contribution in [0.25, 0.3) is 107 Å². The van der Waals surface area contributed by atoms with E-state index in [1.807, 2.05) is 11.3 Å². The zero-order valence-corrected chi connectivity index (χ0v) is 28.5. The van der Waals surface area contributed by atoms with Crippen LogP contribution in [0.5, 0.6) is 0 Å². The highest BCUT2D eigenvalue weighted by Crippen LogP contribution is 2.47. The van der Waals surface area contributed by atoms with Crippen LogP contribution in [0, 0.1) is 0 Å². The van der Waals surface area contributed by atoms with E-state index in [0.29, 0.717) is 0 Å². The first kappa shape index (κ1) is 28.5. The maximum atomic E-state index is 2.36. The van der Waals surface area contributed by atoms with Crippen LogP contribution in [0.3, 0.4) is 0 Å². The first-order chi connectivity index (χ1) is 25.3. The molecule has 0 spiro atoms. The number of benzene rings is 10. The summed E-state index contributed by atoms with van der Waals surface area (Å²) in [6, 6.07) is 67.2. The molecule has 1 heterocycles. The van der Waals surface area contributed by atoms with Crippen molar-refractivity contribution in [3.8, 4) is 33.4 Å². The van der Waals surface area contributed by atoms with Crippen LogP contribution in [0.1, 0.15) is 0 Å². The summed E-state index contributed by atoms with van der Waals surface area (Å²) in [5.74, 6) is 0. The molecule has 0 fully saturated rings. The molecule has 0 nitrogen and oxygen atoms in total. The van der Waals surface area contributed by atoms with Gasteiger partial charge in [-0.3, -0.25) is 0 Å². The molecule has 0 aliphatic rings. The maximum Gasteiger partial charge on any atom is 0.0440 e. The standard InChI is InChI=1S/C50H30S/c1-2-12-32(13-3-1)46-40-17-7-9-19-42(40)47(43-20-10-8-18-41(43)46)33-24-22-31(23-25-33)34-26-28-36-35(30-34)27-29-45-48-39-16-6-4-14-37(39)38-15-5-11-21-44(38)50(48)51-49(36)45/h1-30H. The van der Waals surface area contributed by atoms with Gasteiger partial charge in [0.1, 0.15) is 0 Å². The largest absolute Gasteiger partial charge is 0.134 e. The number of rotatable bonds is 3. The molecule has 51 heavy (non-hydrogen) atoms. The average molecular weight is 663 g/mol. The van der Waals surface area contributed by atoms with E-state index in [9.17, 15) is 0 Å². The van der Waals surface area contributed by atoms with Crippen molar-refractivity contribution < 1.29 is 0 Å². The molecule has 0 saturated heterocycles. The zero-order valence-electron chi connectivity index (χ0n) is 27.7. The summed E-state index contributed by atoms with van der Waals surface area (Å²) in [7, 11) is 0. The Morgan fingerprint density at radius 3 is 1.33 bits per heavy atom. The van der Waals surface area contributed by atoms with Gasteiger partial charge in [0, 0.05) is 25.6 Å². The van der Waals surface area contributed by atoms with E-state index in [1.165, 1.54) is 107 Å². The lowest BCUT2D eigenvalue weighted by Crippen LogP contribution is -1.90. The Morgan fingerprint density at radius 1 is 0.255 bits per heavy atom. The van der Waals surface area contributed by atoms with Crippen LogP contribution in [-0.4, -0.2) is 0 Å². The molecule has 0 unspecified atom stereocenters. The van der Waals surface area contributed by atoms with Crippen molar-refractivity contribution in [3.05, 3.63) is 182 Å². The van der Waals surface area contributed by atoms with Gasteiger partial charge in [0.05, 0.1) is 0 Å². The lowest BCUT2D eigenvalue weighted by molar-refractivity contribution is 1.63. The van der Waals surface area contributed by atoms with Gasteiger partial charge in [-0.05, 0) is 87.9 Å². The van der Waals surface area contributed by atoms with Gasteiger partial charge < -0.3 is 0 Å². The third-order valence-corrected chi connectivity index (χ3v) is 12.1. The zero-order chi connectivity index (χ0) is 33.5. The summed E-state index contributed by atoms with van der Waals surface area (Å²) in [5.41, 5.74) is 7.53. The topological polar surface area (TPSA) is 0 Å². The molecule has 0 N–H and O–H groups in total. The van der Waals surface area contributed by atoms with Crippen molar-refractivity contribution in [2.24, 2.45) is 0 Å². The third kappa shape index (κ3) is 4.26. The van der Waals surface area contributed by atoms with Gasteiger partial charge in [-0.25, -0.2) is 0 Å². The first-order valence-electron chi connectivity index (χ1n) is 17.6. The molecule has 0 aliphatic carbocycles. The maximum absolute atomic E-state index is 2.36. The molecule has 0 atom stereocenters. The molecule has 11 aromatic rings. The van der Waals surface area contributed by atoms with E-state index in [4.69, 9.17) is 0 Å². The predicted octanol–water partition coefficient (Wildman–Crippen LogP) is 14.8. The van der Waals surface area contributed by atoms with Crippen LogP contribution in [-0.2, 0) is 0 Å². The molecule has 0 saturated carbocycles. The van der Waals surface area contributed by atoms with Crippen molar-refractivity contribution in [2.45, 2.75) is 0 Å². The predicted molar refractivity (Wildman–Crippen MR) is 223 cm³/mol. The molecule has 0 radical (unpaired) electrons. The van der Waals surface area contributed by atoms with Crippen LogP contribution >= 0.6 is 11.3 Å². The second kappa shape index (κ2) is 11.1. The van der Waals surface area contributed by atoms with Crippen molar-refractivity contribution in [2.75, 3.05) is 0 Å². The second-order valence-electron chi connectivity index (χ2n) is 13.6. The fraction of sp³-hybridized carbons (Fsp3) is 0. The Morgan fingerprint density at radius 2 is 0.706 bits per heavy atom. The Labute approximate surface area is 299 Å². The van der Waals surface area contributed by atoms with Gasteiger partial charge in [-0.15, -0.1) is 11.3 Å². The lowest BCUT2D eigenvalue weighted by atomic mass is 9.85. The molecule has 10 aromatic carbocycles. The summed E-state index contributed by atoms with van der Waals surface area (Å²) in [5, 5.41) is 15.8. The summed E-state index contributed by atoms with van der Waals surface area (Å²) >= 11 is 1.94. The van der Waals surface area contributed by atoms with E-state index in [0.717, 1.165) is 0 Å². The molecule has 0 amide bonds. The highest BCUT2D eigenvalue weighted by molar-refractivity contribution is 7.27. The Hall–Kier alpha value is -6.28. The fourth-order valence-corrected chi connectivity index (χ4v) is 9.95. The second-order valence-corrected chi connectivity index (χ2v) is 14.6. The molecule has 11 rings (SSSR count). The van der Waals surface area contributed by atoms with E-state index < -0.39 is 0 Å². The third-order valence-electron chi connectivity index (χ3n) is 10.8. The van der Waals surface area contributed by atoms with E-state index >= 15 is 0 Å². The first-order valence-corrected chi connectivity index (χ1v) is 18.4. The quantitative estimate of drug-likeness (QED) is 0.130. The SMILES string of the molecule is c1ccc(-c2c3ccccc3c(-c3ccc(-c4ccc5c(ccc6c5sc5c7ccccc7c7ccccc7c65)c4)cc3)c3ccccc23)cc1. The van der Waals surface area contributed by atoms with Crippen LogP contribution in [0.2, 0.25) is 0 Å². The monoisotopic (exact) mass is 662 g/mol. The van der Waals surface area contributed by atoms with Crippen molar-refractivity contribution in [1.29, 1.82) is 0 Å². The average Bonchev–Trinajstić information content (AvgIpc) is 3.61. The number of hydrogen-bond acceptors (Lipinski definition) is 1. The molecule has 1 aromatic heterocycles. The van der Waals surface area contributed by atoms with E-state index in [-0.39, 0.29) is 0 Å². The van der Waals surface area contributed by atoms with Gasteiger partial charge in [0.25, 0.3) is 0 Å². The highest BCUT2D eigenvalue weighted by atomic mass is 32.1. The lowest BCUT2D eigenvalue weighted by Gasteiger charge is -2.18. The molecular weight excluding hydrogens is 633 g/mol. The minimum atomic E-state index is 1.23. The van der Waals surface area contributed by atoms with Crippen LogP contribution < -0.4 is 0 Å². The Bertz CT molecular complexity index is 3110. The molecule has 0 bridgehead atoms. The van der Waals surface area contributed by atoms with Gasteiger partial charge in [0.15, 0.2) is 0 Å². The summed E-state index contributed by atoms with van der Waals surface area (Å²) in [6.07, 6.45) is 0. The molecule has 236 valence electrons. The smallest absolute Gasteiger partial charge is 0.0440 e. The number of hydrogen-bond donors (Lipinski definition) is 0. The Kier molecular flexibility index (Phi) is 6.22. The molecule has 1 heteroatoms. The Balaban J connectivity index is 1.05. The van der Waals surface area contributed by atoms with E-state index in [1.54, 1.807) is 0 Å². The molecular formula is C50H30S. The van der Waals surface area contributed by atoms with Crippen molar-refractivity contribution in [1.82, 2.24) is 0 Å². The normalized spacial score (nSPS) is 11.9. The van der Waals surface area contributed by atoms with Crippen LogP contribution in [0.4, 0.5) is 0 Å². The number of fused-ring (bicyclic) bond motifs is 12.